The Balaban J connectivity index is 1.58. The van der Waals surface area contributed by atoms with E-state index in [1.807, 2.05) is 43.3 Å². The first-order valence-electron chi connectivity index (χ1n) is 9.57. The number of hydrogen-bond acceptors (Lipinski definition) is 3. The molecule has 28 heavy (non-hydrogen) atoms. The summed E-state index contributed by atoms with van der Waals surface area (Å²) >= 11 is 5.97. The van der Waals surface area contributed by atoms with Crippen molar-refractivity contribution in [2.45, 2.75) is 37.8 Å². The average molecular weight is 400 g/mol. The molecule has 148 valence electrons. The maximum atomic E-state index is 12.6. The Hall–Kier alpha value is -2.53. The minimum absolute atomic E-state index is 0.0404. The number of nitrogens with one attached hydrogen (secondary N) is 2. The van der Waals surface area contributed by atoms with E-state index < -0.39 is 0 Å². The summed E-state index contributed by atoms with van der Waals surface area (Å²) in [5.41, 5.74) is 2.19. The van der Waals surface area contributed by atoms with E-state index in [1.165, 1.54) is 0 Å². The molecule has 1 aliphatic carbocycles. The van der Waals surface area contributed by atoms with Gasteiger partial charge in [-0.25, -0.2) is 0 Å². The fourth-order valence-corrected chi connectivity index (χ4v) is 3.73. The first-order valence-corrected chi connectivity index (χ1v) is 9.95. The van der Waals surface area contributed by atoms with Crippen LogP contribution in [0.3, 0.4) is 0 Å². The minimum atomic E-state index is -0.127. The van der Waals surface area contributed by atoms with Gasteiger partial charge in [0.05, 0.1) is 0 Å². The molecule has 2 aromatic carbocycles. The van der Waals surface area contributed by atoms with Crippen molar-refractivity contribution in [3.8, 4) is 0 Å². The van der Waals surface area contributed by atoms with Gasteiger partial charge in [-0.1, -0.05) is 23.7 Å². The SMILES string of the molecule is CN(C)c1cccc(C(=O)N[C@@H]2CCC[C@@H](NC(=O)c3cccc(Cl)c3)C2)c1. The van der Waals surface area contributed by atoms with E-state index in [1.54, 1.807) is 24.3 Å². The highest BCUT2D eigenvalue weighted by Gasteiger charge is 2.25. The summed E-state index contributed by atoms with van der Waals surface area (Å²) in [7, 11) is 3.90. The lowest BCUT2D eigenvalue weighted by Crippen LogP contribution is -2.45. The van der Waals surface area contributed by atoms with Crippen LogP contribution < -0.4 is 15.5 Å². The van der Waals surface area contributed by atoms with Crippen LogP contribution in [0.1, 0.15) is 46.4 Å². The Kier molecular flexibility index (Phi) is 6.57. The topological polar surface area (TPSA) is 61.4 Å². The molecule has 0 radical (unpaired) electrons. The molecule has 1 aliphatic rings. The van der Waals surface area contributed by atoms with Crippen LogP contribution in [-0.4, -0.2) is 38.0 Å². The summed E-state index contributed by atoms with van der Waals surface area (Å²) in [5, 5.41) is 6.74. The number of carbonyl (C=O) groups is 2. The number of hydrogen-bond donors (Lipinski definition) is 2. The summed E-state index contributed by atoms with van der Waals surface area (Å²) < 4.78 is 0. The van der Waals surface area contributed by atoms with E-state index in [0.29, 0.717) is 16.1 Å². The molecular weight excluding hydrogens is 374 g/mol. The molecule has 1 saturated carbocycles. The maximum Gasteiger partial charge on any atom is 0.251 e. The average Bonchev–Trinajstić information content (AvgIpc) is 2.68. The van der Waals surface area contributed by atoms with Gasteiger partial charge in [0.15, 0.2) is 0 Å². The second-order valence-electron chi connectivity index (χ2n) is 7.46. The van der Waals surface area contributed by atoms with Crippen molar-refractivity contribution >= 4 is 29.1 Å². The predicted molar refractivity (Wildman–Crippen MR) is 113 cm³/mol. The Morgan fingerprint density at radius 1 is 0.929 bits per heavy atom. The highest BCUT2D eigenvalue weighted by molar-refractivity contribution is 6.30. The Morgan fingerprint density at radius 2 is 1.50 bits per heavy atom. The second kappa shape index (κ2) is 9.11. The lowest BCUT2D eigenvalue weighted by Gasteiger charge is -2.30. The molecule has 0 bridgehead atoms. The third-order valence-electron chi connectivity index (χ3n) is 5.06. The molecule has 0 aromatic heterocycles. The third kappa shape index (κ3) is 5.26. The van der Waals surface area contributed by atoms with Gasteiger partial charge < -0.3 is 15.5 Å². The summed E-state index contributed by atoms with van der Waals surface area (Å²) in [6.45, 7) is 0. The molecule has 0 aliphatic heterocycles. The van der Waals surface area contributed by atoms with Gasteiger partial charge in [-0.2, -0.15) is 0 Å². The number of nitrogens with zero attached hydrogens (tertiary/aromatic N) is 1. The molecule has 2 aromatic rings. The molecule has 1 fully saturated rings. The molecule has 0 heterocycles. The third-order valence-corrected chi connectivity index (χ3v) is 5.29. The van der Waals surface area contributed by atoms with Gasteiger partial charge in [0, 0.05) is 48.0 Å². The fourth-order valence-electron chi connectivity index (χ4n) is 3.54. The molecule has 0 unspecified atom stereocenters. The zero-order valence-corrected chi connectivity index (χ0v) is 17.0. The van der Waals surface area contributed by atoms with E-state index in [9.17, 15) is 9.59 Å². The first-order chi connectivity index (χ1) is 13.4. The standard InChI is InChI=1S/C22H26ClN3O2/c1-26(2)20-11-4-7-16(13-20)22(28)25-19-10-5-9-18(14-19)24-21(27)15-6-3-8-17(23)12-15/h3-4,6-8,11-13,18-19H,5,9-10,14H2,1-2H3,(H,24,27)(H,25,28)/t18-,19-/m1/s1. The van der Waals surface area contributed by atoms with Crippen molar-refractivity contribution in [3.63, 3.8) is 0 Å². The molecule has 3 rings (SSSR count). The van der Waals surface area contributed by atoms with Crippen molar-refractivity contribution in [3.05, 3.63) is 64.7 Å². The number of rotatable bonds is 5. The van der Waals surface area contributed by atoms with E-state index in [0.717, 1.165) is 31.4 Å². The van der Waals surface area contributed by atoms with Crippen LogP contribution in [0.5, 0.6) is 0 Å². The normalized spacial score (nSPS) is 19.0. The van der Waals surface area contributed by atoms with Gasteiger partial charge >= 0.3 is 0 Å². The van der Waals surface area contributed by atoms with Gasteiger partial charge in [0.25, 0.3) is 11.8 Å². The molecule has 2 atom stereocenters. The number of carbonyl (C=O) groups excluding carboxylic acids is 2. The zero-order chi connectivity index (χ0) is 20.1. The Bertz CT molecular complexity index is 853. The number of halogens is 1. The zero-order valence-electron chi connectivity index (χ0n) is 16.2. The van der Waals surface area contributed by atoms with Crippen molar-refractivity contribution in [2.24, 2.45) is 0 Å². The summed E-state index contributed by atoms with van der Waals surface area (Å²) in [6.07, 6.45) is 3.52. The van der Waals surface area contributed by atoms with E-state index in [-0.39, 0.29) is 23.9 Å². The van der Waals surface area contributed by atoms with E-state index in [2.05, 4.69) is 10.6 Å². The maximum absolute atomic E-state index is 12.6. The van der Waals surface area contributed by atoms with Crippen LogP contribution in [0.15, 0.2) is 48.5 Å². The van der Waals surface area contributed by atoms with Gasteiger partial charge in [0.2, 0.25) is 0 Å². The Labute approximate surface area is 171 Å². The molecular formula is C22H26ClN3O2. The predicted octanol–water partition coefficient (Wildman–Crippen LogP) is 3.88. The number of benzene rings is 2. The van der Waals surface area contributed by atoms with Crippen molar-refractivity contribution in [1.29, 1.82) is 0 Å². The van der Waals surface area contributed by atoms with Crippen LogP contribution >= 0.6 is 11.6 Å². The van der Waals surface area contributed by atoms with Crippen molar-refractivity contribution in [2.75, 3.05) is 19.0 Å². The van der Waals surface area contributed by atoms with Crippen LogP contribution in [-0.2, 0) is 0 Å². The van der Waals surface area contributed by atoms with Gasteiger partial charge in [-0.15, -0.1) is 0 Å². The van der Waals surface area contributed by atoms with Crippen molar-refractivity contribution in [1.82, 2.24) is 10.6 Å². The highest BCUT2D eigenvalue weighted by Crippen LogP contribution is 2.21. The minimum Gasteiger partial charge on any atom is -0.378 e. The molecule has 6 heteroatoms. The smallest absolute Gasteiger partial charge is 0.251 e. The number of amides is 2. The quantitative estimate of drug-likeness (QED) is 0.802. The summed E-state index contributed by atoms with van der Waals surface area (Å²) in [6, 6.07) is 14.6. The monoisotopic (exact) mass is 399 g/mol. The lowest BCUT2D eigenvalue weighted by atomic mass is 9.90. The summed E-state index contributed by atoms with van der Waals surface area (Å²) in [4.78, 5) is 27.1. The molecule has 2 amide bonds. The molecule has 2 N–H and O–H groups in total. The highest BCUT2D eigenvalue weighted by atomic mass is 35.5. The Morgan fingerprint density at radius 3 is 2.07 bits per heavy atom. The van der Waals surface area contributed by atoms with E-state index in [4.69, 9.17) is 11.6 Å². The number of anilines is 1. The van der Waals surface area contributed by atoms with Crippen LogP contribution in [0.2, 0.25) is 5.02 Å². The van der Waals surface area contributed by atoms with Crippen molar-refractivity contribution < 1.29 is 9.59 Å². The second-order valence-corrected chi connectivity index (χ2v) is 7.90. The first kappa shape index (κ1) is 20.2. The summed E-state index contributed by atoms with van der Waals surface area (Å²) in [5.74, 6) is -0.200. The van der Waals surface area contributed by atoms with E-state index >= 15 is 0 Å². The lowest BCUT2D eigenvalue weighted by molar-refractivity contribution is 0.0903. The van der Waals surface area contributed by atoms with Gasteiger partial charge in [-0.05, 0) is 62.1 Å². The van der Waals surface area contributed by atoms with Crippen LogP contribution in [0.4, 0.5) is 5.69 Å². The molecule has 0 spiro atoms. The van der Waals surface area contributed by atoms with Gasteiger partial charge in [-0.3, -0.25) is 9.59 Å². The molecule has 0 saturated heterocycles. The largest absolute Gasteiger partial charge is 0.378 e. The fraction of sp³-hybridized carbons (Fsp3) is 0.364. The van der Waals surface area contributed by atoms with Crippen LogP contribution in [0.25, 0.3) is 0 Å². The van der Waals surface area contributed by atoms with Gasteiger partial charge in [0.1, 0.15) is 0 Å². The van der Waals surface area contributed by atoms with Crippen LogP contribution in [0, 0.1) is 0 Å². The molecule has 5 nitrogen and oxygen atoms in total.